The minimum absolute atomic E-state index is 0.0170. The quantitative estimate of drug-likeness (QED) is 0.902. The second kappa shape index (κ2) is 5.55. The van der Waals surface area contributed by atoms with Crippen molar-refractivity contribution in [2.24, 2.45) is 5.92 Å². The first kappa shape index (κ1) is 13.6. The van der Waals surface area contributed by atoms with Gasteiger partial charge in [-0.05, 0) is 37.8 Å². The average Bonchev–Trinajstić information content (AvgIpc) is 2.96. The van der Waals surface area contributed by atoms with Crippen LogP contribution in [0, 0.1) is 12.8 Å². The van der Waals surface area contributed by atoms with Crippen LogP contribution in [0.2, 0.25) is 0 Å². The topological polar surface area (TPSA) is 79.9 Å². The van der Waals surface area contributed by atoms with Crippen molar-refractivity contribution in [3.63, 3.8) is 0 Å². The molecule has 2 aromatic heterocycles. The number of pyridine rings is 1. The molecule has 0 saturated heterocycles. The Kier molecular flexibility index (Phi) is 3.60. The van der Waals surface area contributed by atoms with Gasteiger partial charge in [0.05, 0.1) is 24.7 Å². The van der Waals surface area contributed by atoms with Crippen molar-refractivity contribution < 1.29 is 9.53 Å². The Morgan fingerprint density at radius 3 is 3.10 bits per heavy atom. The third kappa shape index (κ3) is 2.74. The van der Waals surface area contributed by atoms with E-state index in [0.29, 0.717) is 5.88 Å². The van der Waals surface area contributed by atoms with Gasteiger partial charge in [0.25, 0.3) is 0 Å². The molecule has 0 radical (unpaired) electrons. The number of aryl methyl sites for hydroxylation is 2. The summed E-state index contributed by atoms with van der Waals surface area (Å²) in [7, 11) is 1.57. The Labute approximate surface area is 122 Å². The van der Waals surface area contributed by atoms with Gasteiger partial charge in [0.2, 0.25) is 11.8 Å². The van der Waals surface area contributed by atoms with Gasteiger partial charge in [-0.15, -0.1) is 0 Å². The molecule has 0 spiro atoms. The number of anilines is 1. The molecule has 0 bridgehead atoms. The fourth-order valence-corrected chi connectivity index (χ4v) is 2.66. The first-order valence-corrected chi connectivity index (χ1v) is 7.01. The van der Waals surface area contributed by atoms with Gasteiger partial charge >= 0.3 is 0 Å². The molecular weight excluding hydrogens is 268 g/mol. The molecule has 0 fully saturated rings. The molecule has 2 N–H and O–H groups in total. The highest BCUT2D eigenvalue weighted by Gasteiger charge is 2.26. The van der Waals surface area contributed by atoms with E-state index in [9.17, 15) is 4.79 Å². The lowest BCUT2D eigenvalue weighted by atomic mass is 9.87. The number of ether oxygens (including phenoxy) is 1. The molecule has 1 aliphatic carbocycles. The van der Waals surface area contributed by atoms with E-state index in [1.54, 1.807) is 13.2 Å². The highest BCUT2D eigenvalue weighted by molar-refractivity contribution is 5.93. The van der Waals surface area contributed by atoms with E-state index >= 15 is 0 Å². The summed E-state index contributed by atoms with van der Waals surface area (Å²) in [6, 6.07) is 3.57. The Balaban J connectivity index is 1.70. The number of amides is 1. The van der Waals surface area contributed by atoms with Crippen LogP contribution in [-0.4, -0.2) is 28.2 Å². The largest absolute Gasteiger partial charge is 0.481 e. The van der Waals surface area contributed by atoms with E-state index in [2.05, 4.69) is 20.5 Å². The molecule has 1 unspecified atom stereocenters. The van der Waals surface area contributed by atoms with Crippen molar-refractivity contribution >= 4 is 11.6 Å². The highest BCUT2D eigenvalue weighted by Crippen LogP contribution is 2.25. The molecule has 2 heterocycles. The third-order valence-corrected chi connectivity index (χ3v) is 3.91. The van der Waals surface area contributed by atoms with Crippen LogP contribution < -0.4 is 10.1 Å². The number of carbonyl (C=O) groups excluding carboxylic acids is 1. The van der Waals surface area contributed by atoms with Crippen LogP contribution in [0.1, 0.15) is 23.4 Å². The predicted molar refractivity (Wildman–Crippen MR) is 78.3 cm³/mol. The van der Waals surface area contributed by atoms with Gasteiger partial charge in [0.1, 0.15) is 0 Å². The van der Waals surface area contributed by atoms with Gasteiger partial charge in [-0.25, -0.2) is 4.98 Å². The van der Waals surface area contributed by atoms with Gasteiger partial charge in [-0.2, -0.15) is 5.10 Å². The molecule has 1 aliphatic rings. The lowest BCUT2D eigenvalue weighted by Crippen LogP contribution is -2.28. The van der Waals surface area contributed by atoms with Crippen molar-refractivity contribution in [1.29, 1.82) is 0 Å². The number of aromatic amines is 1. The van der Waals surface area contributed by atoms with Crippen LogP contribution in [0.5, 0.6) is 5.88 Å². The maximum Gasteiger partial charge on any atom is 0.227 e. The van der Waals surface area contributed by atoms with Crippen LogP contribution >= 0.6 is 0 Å². The van der Waals surface area contributed by atoms with Crippen molar-refractivity contribution in [3.05, 3.63) is 35.3 Å². The number of nitrogens with one attached hydrogen (secondary N) is 2. The van der Waals surface area contributed by atoms with Crippen molar-refractivity contribution in [1.82, 2.24) is 15.2 Å². The van der Waals surface area contributed by atoms with Crippen LogP contribution in [-0.2, 0) is 17.6 Å². The Hall–Kier alpha value is -2.37. The van der Waals surface area contributed by atoms with Gasteiger partial charge in [0, 0.05) is 17.7 Å². The smallest absolute Gasteiger partial charge is 0.227 e. The van der Waals surface area contributed by atoms with E-state index in [-0.39, 0.29) is 11.8 Å². The molecule has 0 aliphatic heterocycles. The number of nitrogens with zero attached hydrogens (tertiary/aromatic N) is 2. The summed E-state index contributed by atoms with van der Waals surface area (Å²) in [5.41, 5.74) is 3.79. The predicted octanol–water partition coefficient (Wildman–Crippen LogP) is 1.87. The van der Waals surface area contributed by atoms with E-state index in [0.717, 1.165) is 41.9 Å². The number of hydrogen-bond donors (Lipinski definition) is 2. The zero-order valence-corrected chi connectivity index (χ0v) is 12.1. The molecule has 0 saturated carbocycles. The molecule has 21 heavy (non-hydrogen) atoms. The average molecular weight is 286 g/mol. The fraction of sp³-hybridized carbons (Fsp3) is 0.400. The zero-order chi connectivity index (χ0) is 14.8. The molecule has 0 aromatic carbocycles. The summed E-state index contributed by atoms with van der Waals surface area (Å²) in [6.07, 6.45) is 4.26. The minimum Gasteiger partial charge on any atom is -0.481 e. The number of rotatable bonds is 3. The zero-order valence-electron chi connectivity index (χ0n) is 12.1. The summed E-state index contributed by atoms with van der Waals surface area (Å²) in [5.74, 6) is 0.569. The summed E-state index contributed by atoms with van der Waals surface area (Å²) < 4.78 is 5.07. The first-order chi connectivity index (χ1) is 10.2. The number of hydrogen-bond acceptors (Lipinski definition) is 4. The molecule has 6 heteroatoms. The second-order valence-corrected chi connectivity index (χ2v) is 5.29. The van der Waals surface area contributed by atoms with Crippen molar-refractivity contribution in [3.8, 4) is 5.88 Å². The third-order valence-electron chi connectivity index (χ3n) is 3.91. The SMILES string of the molecule is COc1ccc(NC(=O)C2CCc3[nH]ncc3C2)c(C)n1. The monoisotopic (exact) mass is 286 g/mol. The standard InChI is InChI=1S/C15H18N4O2/c1-9-12(5-6-14(17-9)21-2)18-15(20)10-3-4-13-11(7-10)8-16-19-13/h5-6,8,10H,3-4,7H2,1-2H3,(H,16,19)(H,18,20). The summed E-state index contributed by atoms with van der Waals surface area (Å²) in [5, 5.41) is 9.98. The minimum atomic E-state index is -0.0170. The normalized spacial score (nSPS) is 17.1. The molecule has 1 amide bonds. The van der Waals surface area contributed by atoms with Crippen LogP contribution in [0.3, 0.4) is 0 Å². The van der Waals surface area contributed by atoms with Crippen LogP contribution in [0.4, 0.5) is 5.69 Å². The number of fused-ring (bicyclic) bond motifs is 1. The van der Waals surface area contributed by atoms with Crippen molar-refractivity contribution in [2.75, 3.05) is 12.4 Å². The Morgan fingerprint density at radius 2 is 2.33 bits per heavy atom. The summed E-state index contributed by atoms with van der Waals surface area (Å²) >= 11 is 0. The molecule has 110 valence electrons. The number of methoxy groups -OCH3 is 1. The maximum absolute atomic E-state index is 12.4. The number of H-pyrrole nitrogens is 1. The summed E-state index contributed by atoms with van der Waals surface area (Å²) in [6.45, 7) is 1.85. The highest BCUT2D eigenvalue weighted by atomic mass is 16.5. The van der Waals surface area contributed by atoms with Crippen LogP contribution in [0.25, 0.3) is 0 Å². The maximum atomic E-state index is 12.4. The molecular formula is C15H18N4O2. The van der Waals surface area contributed by atoms with E-state index in [1.165, 1.54) is 0 Å². The molecule has 2 aromatic rings. The van der Waals surface area contributed by atoms with Crippen LogP contribution in [0.15, 0.2) is 18.3 Å². The van der Waals surface area contributed by atoms with E-state index in [1.807, 2.05) is 19.2 Å². The van der Waals surface area contributed by atoms with E-state index in [4.69, 9.17) is 4.74 Å². The number of carbonyl (C=O) groups is 1. The van der Waals surface area contributed by atoms with Gasteiger partial charge in [-0.3, -0.25) is 9.89 Å². The lowest BCUT2D eigenvalue weighted by molar-refractivity contribution is -0.120. The first-order valence-electron chi connectivity index (χ1n) is 7.01. The molecule has 6 nitrogen and oxygen atoms in total. The van der Waals surface area contributed by atoms with Gasteiger partial charge < -0.3 is 10.1 Å². The van der Waals surface area contributed by atoms with Gasteiger partial charge in [0.15, 0.2) is 0 Å². The van der Waals surface area contributed by atoms with Crippen molar-refractivity contribution in [2.45, 2.75) is 26.2 Å². The molecule has 3 rings (SSSR count). The summed E-state index contributed by atoms with van der Waals surface area (Å²) in [4.78, 5) is 16.7. The molecule has 1 atom stereocenters. The fourth-order valence-electron chi connectivity index (χ4n) is 2.66. The second-order valence-electron chi connectivity index (χ2n) is 5.29. The Bertz CT molecular complexity index is 665. The van der Waals surface area contributed by atoms with Gasteiger partial charge in [-0.1, -0.05) is 0 Å². The lowest BCUT2D eigenvalue weighted by Gasteiger charge is -2.21. The number of aromatic nitrogens is 3. The van der Waals surface area contributed by atoms with E-state index < -0.39 is 0 Å². The Morgan fingerprint density at radius 1 is 1.48 bits per heavy atom.